The van der Waals surface area contributed by atoms with Crippen LogP contribution in [0.15, 0.2) is 24.5 Å². The summed E-state index contributed by atoms with van der Waals surface area (Å²) >= 11 is 0. The Morgan fingerprint density at radius 1 is 1.14 bits per heavy atom. The van der Waals surface area contributed by atoms with E-state index in [0.717, 1.165) is 12.8 Å². The molecule has 0 aromatic rings. The number of carboxylic acid groups (broad SMARTS) is 1. The predicted molar refractivity (Wildman–Crippen MR) is 87.5 cm³/mol. The summed E-state index contributed by atoms with van der Waals surface area (Å²) in [5.41, 5.74) is 0. The molecule has 0 saturated heterocycles. The van der Waals surface area contributed by atoms with E-state index < -0.39 is 5.97 Å². The number of allylic oxidation sites excluding steroid dienone is 2. The van der Waals surface area contributed by atoms with Crippen molar-refractivity contribution in [2.24, 2.45) is 0 Å². The number of unbranched alkanes of at least 4 members (excludes halogenated alkanes) is 6. The smallest absolute Gasteiger partial charge is 0.303 e. The Kier molecular flexibility index (Phi) is 10.5. The van der Waals surface area contributed by atoms with Crippen LogP contribution in [0.5, 0.6) is 0 Å². The molecule has 1 heterocycles. The number of hydrogen-bond donors (Lipinski definition) is 1. The quantitative estimate of drug-likeness (QED) is 0.496. The lowest BCUT2D eigenvalue weighted by atomic mass is 10.0. The zero-order chi connectivity index (χ0) is 16.0. The van der Waals surface area contributed by atoms with Crippen molar-refractivity contribution in [1.82, 2.24) is 0 Å². The monoisotopic (exact) mass is 310 g/mol. The Hall–Kier alpha value is -1.29. The van der Waals surface area contributed by atoms with E-state index in [2.05, 4.69) is 6.92 Å². The average molecular weight is 310 g/mol. The number of carboxylic acids is 1. The van der Waals surface area contributed by atoms with Gasteiger partial charge in [-0.25, -0.2) is 0 Å². The van der Waals surface area contributed by atoms with Crippen LogP contribution in [-0.2, 0) is 14.3 Å². The number of aliphatic carboxylic acids is 1. The second kappa shape index (κ2) is 12.3. The van der Waals surface area contributed by atoms with E-state index in [1.807, 2.05) is 18.2 Å². The van der Waals surface area contributed by atoms with Gasteiger partial charge in [-0.05, 0) is 25.0 Å². The number of rotatable bonds is 13. The van der Waals surface area contributed by atoms with Crippen molar-refractivity contribution in [3.63, 3.8) is 0 Å². The van der Waals surface area contributed by atoms with E-state index in [0.29, 0.717) is 6.42 Å². The maximum Gasteiger partial charge on any atom is 0.303 e. The van der Waals surface area contributed by atoms with Gasteiger partial charge in [-0.15, -0.1) is 0 Å². The molecule has 0 aromatic carbocycles. The first-order chi connectivity index (χ1) is 10.7. The molecule has 2 unspecified atom stereocenters. The van der Waals surface area contributed by atoms with Crippen LogP contribution in [0.1, 0.15) is 71.1 Å². The third-order valence-electron chi connectivity index (χ3n) is 3.81. The molecule has 0 amide bonds. The van der Waals surface area contributed by atoms with Gasteiger partial charge >= 0.3 is 5.97 Å². The molecule has 0 aromatic heterocycles. The molecule has 2 atom stereocenters. The third kappa shape index (κ3) is 9.61. The maximum atomic E-state index is 10.8. The Morgan fingerprint density at radius 2 is 1.86 bits per heavy atom. The lowest BCUT2D eigenvalue weighted by Crippen LogP contribution is -2.23. The second-order valence-electron chi connectivity index (χ2n) is 5.82. The fraction of sp³-hybridized carbons (Fsp3) is 0.722. The van der Waals surface area contributed by atoms with Gasteiger partial charge in [0, 0.05) is 6.42 Å². The van der Waals surface area contributed by atoms with Gasteiger partial charge in [-0.1, -0.05) is 57.9 Å². The molecule has 0 fully saturated rings. The summed E-state index contributed by atoms with van der Waals surface area (Å²) in [7, 11) is 0. The van der Waals surface area contributed by atoms with Crippen molar-refractivity contribution in [3.8, 4) is 0 Å². The summed E-state index contributed by atoms with van der Waals surface area (Å²) in [4.78, 5) is 10.8. The summed E-state index contributed by atoms with van der Waals surface area (Å²) in [6.45, 7) is 2.22. The Morgan fingerprint density at radius 3 is 2.50 bits per heavy atom. The van der Waals surface area contributed by atoms with E-state index in [9.17, 15) is 4.79 Å². The van der Waals surface area contributed by atoms with Crippen LogP contribution in [-0.4, -0.2) is 23.5 Å². The molecule has 0 radical (unpaired) electrons. The molecule has 4 nitrogen and oxygen atoms in total. The largest absolute Gasteiger partial charge is 0.481 e. The SMILES string of the molecule is CCCCCCCCCC(CCC(=O)O)OC1C=CC=CO1. The minimum atomic E-state index is -0.770. The molecule has 0 saturated carbocycles. The first-order valence-corrected chi connectivity index (χ1v) is 8.58. The van der Waals surface area contributed by atoms with Crippen molar-refractivity contribution >= 4 is 5.97 Å². The summed E-state index contributed by atoms with van der Waals surface area (Å²) in [5, 5.41) is 8.85. The minimum Gasteiger partial charge on any atom is -0.481 e. The van der Waals surface area contributed by atoms with Crippen LogP contribution in [0.2, 0.25) is 0 Å². The Balaban J connectivity index is 2.21. The lowest BCUT2D eigenvalue weighted by molar-refractivity contribution is -0.141. The number of hydrogen-bond acceptors (Lipinski definition) is 3. The standard InChI is InChI=1S/C18H30O4/c1-2-3-4-5-6-7-8-11-16(13-14-17(19)20)22-18-12-9-10-15-21-18/h9-10,12,15-16,18H,2-8,11,13-14H2,1H3,(H,19,20). The van der Waals surface area contributed by atoms with E-state index in [1.165, 1.54) is 38.5 Å². The van der Waals surface area contributed by atoms with Gasteiger partial charge < -0.3 is 14.6 Å². The average Bonchev–Trinajstić information content (AvgIpc) is 2.52. The molecule has 0 bridgehead atoms. The number of carbonyl (C=O) groups is 1. The highest BCUT2D eigenvalue weighted by Gasteiger charge is 2.17. The van der Waals surface area contributed by atoms with E-state index in [4.69, 9.17) is 14.6 Å². The first-order valence-electron chi connectivity index (χ1n) is 8.58. The van der Waals surface area contributed by atoms with E-state index in [1.54, 1.807) is 6.26 Å². The molecular formula is C18H30O4. The van der Waals surface area contributed by atoms with Crippen LogP contribution >= 0.6 is 0 Å². The normalized spacial score (nSPS) is 18.1. The van der Waals surface area contributed by atoms with Gasteiger partial charge in [0.25, 0.3) is 0 Å². The zero-order valence-electron chi connectivity index (χ0n) is 13.7. The topological polar surface area (TPSA) is 55.8 Å². The Labute approximate surface area is 134 Å². The highest BCUT2D eigenvalue weighted by Crippen LogP contribution is 2.18. The molecule has 0 aliphatic carbocycles. The molecule has 126 valence electrons. The van der Waals surface area contributed by atoms with Gasteiger partial charge in [0.2, 0.25) is 6.29 Å². The second-order valence-corrected chi connectivity index (χ2v) is 5.82. The van der Waals surface area contributed by atoms with Crippen LogP contribution < -0.4 is 0 Å². The fourth-order valence-electron chi connectivity index (χ4n) is 2.53. The minimum absolute atomic E-state index is 0.0482. The van der Waals surface area contributed by atoms with Crippen LogP contribution in [0, 0.1) is 0 Å². The van der Waals surface area contributed by atoms with Gasteiger partial charge in [-0.3, -0.25) is 4.79 Å². The Bertz CT molecular complexity index is 349. The van der Waals surface area contributed by atoms with Crippen LogP contribution in [0.4, 0.5) is 0 Å². The summed E-state index contributed by atoms with van der Waals surface area (Å²) in [6.07, 6.45) is 17.1. The van der Waals surface area contributed by atoms with Crippen molar-refractivity contribution in [1.29, 1.82) is 0 Å². The fourth-order valence-corrected chi connectivity index (χ4v) is 2.53. The van der Waals surface area contributed by atoms with Gasteiger partial charge in [0.05, 0.1) is 12.4 Å². The molecule has 1 N–H and O–H groups in total. The third-order valence-corrected chi connectivity index (χ3v) is 3.81. The molecule has 1 aliphatic heterocycles. The number of ether oxygens (including phenoxy) is 2. The van der Waals surface area contributed by atoms with E-state index >= 15 is 0 Å². The van der Waals surface area contributed by atoms with Crippen LogP contribution in [0.3, 0.4) is 0 Å². The van der Waals surface area contributed by atoms with Crippen LogP contribution in [0.25, 0.3) is 0 Å². The van der Waals surface area contributed by atoms with Gasteiger partial charge in [-0.2, -0.15) is 0 Å². The first kappa shape index (κ1) is 18.8. The maximum absolute atomic E-state index is 10.8. The molecule has 22 heavy (non-hydrogen) atoms. The van der Waals surface area contributed by atoms with Gasteiger partial charge in [0.1, 0.15) is 0 Å². The summed E-state index contributed by atoms with van der Waals surface area (Å²) in [6, 6.07) is 0. The van der Waals surface area contributed by atoms with Crippen molar-refractivity contribution in [2.45, 2.75) is 83.5 Å². The van der Waals surface area contributed by atoms with Gasteiger partial charge in [0.15, 0.2) is 0 Å². The summed E-state index contributed by atoms with van der Waals surface area (Å²) < 4.78 is 11.2. The molecule has 0 spiro atoms. The highest BCUT2D eigenvalue weighted by molar-refractivity contribution is 5.66. The van der Waals surface area contributed by atoms with Crippen molar-refractivity contribution in [2.75, 3.05) is 0 Å². The molecule has 1 rings (SSSR count). The predicted octanol–water partition coefficient (Wildman–Crippen LogP) is 4.80. The zero-order valence-corrected chi connectivity index (χ0v) is 13.7. The lowest BCUT2D eigenvalue weighted by Gasteiger charge is -2.23. The molecule has 4 heteroatoms. The van der Waals surface area contributed by atoms with E-state index in [-0.39, 0.29) is 18.8 Å². The van der Waals surface area contributed by atoms with Crippen molar-refractivity contribution < 1.29 is 19.4 Å². The highest BCUT2D eigenvalue weighted by atomic mass is 16.7. The van der Waals surface area contributed by atoms with Crippen molar-refractivity contribution in [3.05, 3.63) is 24.5 Å². The molecule has 1 aliphatic rings. The molecular weight excluding hydrogens is 280 g/mol. The summed E-state index contributed by atoms with van der Waals surface area (Å²) in [5.74, 6) is -0.770.